The van der Waals surface area contributed by atoms with Gasteiger partial charge in [0.15, 0.2) is 0 Å². The van der Waals surface area contributed by atoms with Gasteiger partial charge in [0.05, 0.1) is 12.8 Å². The Kier molecular flexibility index (Phi) is 5.41. The van der Waals surface area contributed by atoms with E-state index in [4.69, 9.17) is 16.3 Å². The van der Waals surface area contributed by atoms with E-state index in [1.54, 1.807) is 18.2 Å². The van der Waals surface area contributed by atoms with Crippen LogP contribution in [0.4, 0.5) is 10.5 Å². The first-order valence-electron chi connectivity index (χ1n) is 6.76. The van der Waals surface area contributed by atoms with E-state index in [9.17, 15) is 9.59 Å². The van der Waals surface area contributed by atoms with Gasteiger partial charge in [0.1, 0.15) is 5.75 Å². The molecule has 0 atom stereocenters. The quantitative estimate of drug-likeness (QED) is 0.797. The van der Waals surface area contributed by atoms with Gasteiger partial charge in [0, 0.05) is 10.9 Å². The van der Waals surface area contributed by atoms with Crippen molar-refractivity contribution in [1.82, 2.24) is 10.6 Å². The number of hydrogen-bond acceptors (Lipinski definition) is 4. The minimum Gasteiger partial charge on any atom is -0.495 e. The summed E-state index contributed by atoms with van der Waals surface area (Å²) in [6.45, 7) is 1.59. The number of halogens is 1. The van der Waals surface area contributed by atoms with Crippen molar-refractivity contribution >= 4 is 29.2 Å². The number of piperidine rings is 1. The molecule has 1 fully saturated rings. The Labute approximate surface area is 128 Å². The molecule has 0 aromatic heterocycles. The third-order valence-electron chi connectivity index (χ3n) is 3.36. The largest absolute Gasteiger partial charge is 0.495 e. The zero-order valence-corrected chi connectivity index (χ0v) is 12.5. The number of imide groups is 1. The molecule has 3 N–H and O–H groups in total. The fourth-order valence-corrected chi connectivity index (χ4v) is 2.40. The number of methoxy groups -OCH3 is 1. The van der Waals surface area contributed by atoms with Gasteiger partial charge in [0.2, 0.25) is 5.91 Å². The van der Waals surface area contributed by atoms with Crippen LogP contribution in [0.15, 0.2) is 18.2 Å². The van der Waals surface area contributed by atoms with Gasteiger partial charge in [-0.1, -0.05) is 11.6 Å². The Morgan fingerprint density at radius 3 is 2.71 bits per heavy atom. The summed E-state index contributed by atoms with van der Waals surface area (Å²) in [6.07, 6.45) is 1.47. The van der Waals surface area contributed by atoms with Crippen LogP contribution in [0.1, 0.15) is 12.8 Å². The lowest BCUT2D eigenvalue weighted by Crippen LogP contribution is -2.42. The summed E-state index contributed by atoms with van der Waals surface area (Å²) >= 11 is 5.88. The molecule has 1 saturated heterocycles. The summed E-state index contributed by atoms with van der Waals surface area (Å²) in [5.41, 5.74) is 0.417. The van der Waals surface area contributed by atoms with Crippen LogP contribution in [0.25, 0.3) is 0 Å². The van der Waals surface area contributed by atoms with Gasteiger partial charge in [-0.05, 0) is 44.1 Å². The second-order valence-electron chi connectivity index (χ2n) is 4.81. The van der Waals surface area contributed by atoms with Gasteiger partial charge >= 0.3 is 6.03 Å². The van der Waals surface area contributed by atoms with Crippen LogP contribution in [-0.4, -0.2) is 32.1 Å². The van der Waals surface area contributed by atoms with E-state index in [-0.39, 0.29) is 11.8 Å². The maximum absolute atomic E-state index is 12.0. The van der Waals surface area contributed by atoms with E-state index in [0.29, 0.717) is 16.5 Å². The van der Waals surface area contributed by atoms with Crippen LogP contribution in [-0.2, 0) is 4.79 Å². The lowest BCUT2D eigenvalue weighted by atomic mass is 9.97. The Balaban J connectivity index is 1.95. The molecule has 0 bridgehead atoms. The Bertz CT molecular complexity index is 530. The van der Waals surface area contributed by atoms with Crippen molar-refractivity contribution in [2.75, 3.05) is 25.5 Å². The maximum atomic E-state index is 12.0. The minimum atomic E-state index is -0.584. The molecule has 1 heterocycles. The highest BCUT2D eigenvalue weighted by Gasteiger charge is 2.22. The number of benzene rings is 1. The van der Waals surface area contributed by atoms with E-state index in [1.165, 1.54) is 7.11 Å². The molecule has 0 saturated carbocycles. The highest BCUT2D eigenvalue weighted by molar-refractivity contribution is 6.31. The fourth-order valence-electron chi connectivity index (χ4n) is 2.23. The molecule has 1 aliphatic rings. The first-order chi connectivity index (χ1) is 10.1. The Morgan fingerprint density at radius 2 is 2.05 bits per heavy atom. The van der Waals surface area contributed by atoms with Gasteiger partial charge in [-0.3, -0.25) is 10.1 Å². The number of urea groups is 1. The second kappa shape index (κ2) is 7.28. The second-order valence-corrected chi connectivity index (χ2v) is 5.25. The summed E-state index contributed by atoms with van der Waals surface area (Å²) < 4.78 is 5.13. The molecule has 6 nitrogen and oxygen atoms in total. The molecule has 1 aromatic rings. The van der Waals surface area contributed by atoms with Gasteiger partial charge in [-0.25, -0.2) is 4.79 Å². The van der Waals surface area contributed by atoms with Crippen molar-refractivity contribution in [3.63, 3.8) is 0 Å². The van der Waals surface area contributed by atoms with Crippen LogP contribution in [0.2, 0.25) is 5.02 Å². The number of carbonyl (C=O) groups is 2. The van der Waals surface area contributed by atoms with E-state index < -0.39 is 6.03 Å². The minimum absolute atomic E-state index is 0.127. The summed E-state index contributed by atoms with van der Waals surface area (Å²) in [5, 5.41) is 8.57. The van der Waals surface area contributed by atoms with E-state index in [2.05, 4.69) is 16.0 Å². The van der Waals surface area contributed by atoms with Crippen LogP contribution in [0.3, 0.4) is 0 Å². The average Bonchev–Trinajstić information content (AvgIpc) is 2.48. The van der Waals surface area contributed by atoms with Crippen LogP contribution in [0, 0.1) is 5.92 Å². The number of nitrogens with one attached hydrogen (secondary N) is 3. The molecular formula is C14H18ClN3O3. The molecule has 21 heavy (non-hydrogen) atoms. The van der Waals surface area contributed by atoms with Gasteiger partial charge in [-0.2, -0.15) is 0 Å². The molecule has 7 heteroatoms. The van der Waals surface area contributed by atoms with Crippen LogP contribution < -0.4 is 20.7 Å². The zero-order chi connectivity index (χ0) is 15.2. The SMILES string of the molecule is COc1ccc(Cl)cc1NC(=O)NC(=O)C1CCNCC1. The van der Waals surface area contributed by atoms with Crippen LogP contribution in [0.5, 0.6) is 5.75 Å². The normalized spacial score (nSPS) is 15.3. The standard InChI is InChI=1S/C14H18ClN3O3/c1-21-12-3-2-10(15)8-11(12)17-14(20)18-13(19)9-4-6-16-7-5-9/h2-3,8-9,16H,4-7H2,1H3,(H2,17,18,19,20). The number of hydrogen-bond donors (Lipinski definition) is 3. The third-order valence-corrected chi connectivity index (χ3v) is 3.59. The first kappa shape index (κ1) is 15.6. The van der Waals surface area contributed by atoms with Crippen molar-refractivity contribution in [3.05, 3.63) is 23.2 Å². The fraction of sp³-hybridized carbons (Fsp3) is 0.429. The maximum Gasteiger partial charge on any atom is 0.325 e. The summed E-state index contributed by atoms with van der Waals surface area (Å²) in [5.74, 6) is 0.0946. The summed E-state index contributed by atoms with van der Waals surface area (Å²) in [6, 6.07) is 4.28. The van der Waals surface area contributed by atoms with Crippen molar-refractivity contribution in [3.8, 4) is 5.75 Å². The third kappa shape index (κ3) is 4.34. The number of carbonyl (C=O) groups excluding carboxylic acids is 2. The van der Waals surface area contributed by atoms with E-state index >= 15 is 0 Å². The molecular weight excluding hydrogens is 294 g/mol. The topological polar surface area (TPSA) is 79.5 Å². The number of rotatable bonds is 3. The molecule has 0 radical (unpaired) electrons. The van der Waals surface area contributed by atoms with Gasteiger partial charge < -0.3 is 15.4 Å². The Hall–Kier alpha value is -1.79. The van der Waals surface area contributed by atoms with Crippen molar-refractivity contribution in [2.24, 2.45) is 5.92 Å². The molecule has 114 valence electrons. The molecule has 2 rings (SSSR count). The van der Waals surface area contributed by atoms with E-state index in [1.807, 2.05) is 0 Å². The zero-order valence-electron chi connectivity index (χ0n) is 11.7. The average molecular weight is 312 g/mol. The number of amides is 3. The molecule has 1 aliphatic heterocycles. The highest BCUT2D eigenvalue weighted by Crippen LogP contribution is 2.27. The lowest BCUT2D eigenvalue weighted by molar-refractivity contribution is -0.124. The first-order valence-corrected chi connectivity index (χ1v) is 7.14. The molecule has 0 unspecified atom stereocenters. The monoisotopic (exact) mass is 311 g/mol. The van der Waals surface area contributed by atoms with Crippen molar-refractivity contribution < 1.29 is 14.3 Å². The van der Waals surface area contributed by atoms with E-state index in [0.717, 1.165) is 25.9 Å². The summed E-state index contributed by atoms with van der Waals surface area (Å²) in [4.78, 5) is 23.9. The summed E-state index contributed by atoms with van der Waals surface area (Å²) in [7, 11) is 1.49. The van der Waals surface area contributed by atoms with Crippen molar-refractivity contribution in [2.45, 2.75) is 12.8 Å². The highest BCUT2D eigenvalue weighted by atomic mass is 35.5. The molecule has 3 amide bonds. The Morgan fingerprint density at radius 1 is 1.33 bits per heavy atom. The molecule has 0 spiro atoms. The predicted octanol–water partition coefficient (Wildman–Crippen LogP) is 2.00. The van der Waals surface area contributed by atoms with Gasteiger partial charge in [-0.15, -0.1) is 0 Å². The smallest absolute Gasteiger partial charge is 0.325 e. The lowest BCUT2D eigenvalue weighted by Gasteiger charge is -2.21. The molecule has 0 aliphatic carbocycles. The van der Waals surface area contributed by atoms with Gasteiger partial charge in [0.25, 0.3) is 0 Å². The number of ether oxygens (including phenoxy) is 1. The van der Waals surface area contributed by atoms with Crippen LogP contribution >= 0.6 is 11.6 Å². The molecule has 1 aromatic carbocycles. The number of anilines is 1. The predicted molar refractivity (Wildman–Crippen MR) is 80.8 cm³/mol. The van der Waals surface area contributed by atoms with Crippen molar-refractivity contribution in [1.29, 1.82) is 0 Å².